The monoisotopic (exact) mass is 336 g/mol. The molecule has 3 rings (SSSR count). The summed E-state index contributed by atoms with van der Waals surface area (Å²) < 4.78 is 39.8. The maximum absolute atomic E-state index is 13.6. The highest BCUT2D eigenvalue weighted by molar-refractivity contribution is 6.03. The van der Waals surface area contributed by atoms with Crippen molar-refractivity contribution in [3.63, 3.8) is 0 Å². The maximum atomic E-state index is 13.6. The number of amides is 1. The zero-order valence-electron chi connectivity index (χ0n) is 12.7. The van der Waals surface area contributed by atoms with Gasteiger partial charge in [-0.3, -0.25) is 4.79 Å². The Labute approximate surface area is 136 Å². The van der Waals surface area contributed by atoms with Crippen LogP contribution in [-0.4, -0.2) is 29.0 Å². The molecule has 0 atom stereocenters. The van der Waals surface area contributed by atoms with Crippen LogP contribution in [0.15, 0.2) is 24.4 Å². The number of anilines is 2. The van der Waals surface area contributed by atoms with Crippen LogP contribution in [0.4, 0.5) is 24.8 Å². The average molecular weight is 336 g/mol. The van der Waals surface area contributed by atoms with E-state index in [0.717, 1.165) is 44.5 Å². The van der Waals surface area contributed by atoms with Crippen molar-refractivity contribution >= 4 is 17.5 Å². The average Bonchev–Trinajstić information content (AvgIpc) is 2.63. The molecule has 0 spiro atoms. The summed E-state index contributed by atoms with van der Waals surface area (Å²) in [4.78, 5) is 22.5. The summed E-state index contributed by atoms with van der Waals surface area (Å²) in [5.74, 6) is -4.70. The number of hydrogen-bond acceptors (Lipinski definition) is 4. The van der Waals surface area contributed by atoms with Gasteiger partial charge in [0.25, 0.3) is 5.91 Å². The van der Waals surface area contributed by atoms with Crippen LogP contribution in [0.1, 0.15) is 29.8 Å². The molecule has 1 N–H and O–H groups in total. The van der Waals surface area contributed by atoms with Crippen LogP contribution in [0.5, 0.6) is 0 Å². The van der Waals surface area contributed by atoms with Crippen molar-refractivity contribution in [3.05, 3.63) is 47.5 Å². The lowest BCUT2D eigenvalue weighted by Crippen LogP contribution is -2.31. The minimum Gasteiger partial charge on any atom is -0.341 e. The number of halogens is 3. The first-order valence-electron chi connectivity index (χ1n) is 7.59. The smallest absolute Gasteiger partial charge is 0.274 e. The number of aromatic nitrogens is 2. The first-order chi connectivity index (χ1) is 11.6. The highest BCUT2D eigenvalue weighted by atomic mass is 19.2. The SMILES string of the molecule is O=C(Nc1ccc(F)c(F)c1F)c1ccnc(N2CCCCC2)n1. The Kier molecular flexibility index (Phi) is 4.64. The van der Waals surface area contributed by atoms with Gasteiger partial charge in [0.2, 0.25) is 5.95 Å². The van der Waals surface area contributed by atoms with E-state index >= 15 is 0 Å². The molecular weight excluding hydrogens is 321 g/mol. The number of benzene rings is 1. The Hall–Kier alpha value is -2.64. The van der Waals surface area contributed by atoms with Gasteiger partial charge in [0.05, 0.1) is 5.69 Å². The number of carbonyl (C=O) groups excluding carboxylic acids is 1. The number of carbonyl (C=O) groups is 1. The van der Waals surface area contributed by atoms with Crippen molar-refractivity contribution < 1.29 is 18.0 Å². The van der Waals surface area contributed by atoms with Gasteiger partial charge in [-0.05, 0) is 37.5 Å². The summed E-state index contributed by atoms with van der Waals surface area (Å²) in [5, 5.41) is 2.20. The molecule has 1 amide bonds. The van der Waals surface area contributed by atoms with E-state index in [4.69, 9.17) is 0 Å². The molecule has 2 heterocycles. The van der Waals surface area contributed by atoms with Crippen LogP contribution < -0.4 is 10.2 Å². The van der Waals surface area contributed by atoms with Crippen LogP contribution in [0.25, 0.3) is 0 Å². The van der Waals surface area contributed by atoms with Crippen molar-refractivity contribution in [3.8, 4) is 0 Å². The molecule has 1 fully saturated rings. The molecule has 0 radical (unpaired) electrons. The predicted molar refractivity (Wildman–Crippen MR) is 82.4 cm³/mol. The molecule has 126 valence electrons. The predicted octanol–water partition coefficient (Wildman–Crippen LogP) is 3.14. The zero-order chi connectivity index (χ0) is 17.1. The fraction of sp³-hybridized carbons (Fsp3) is 0.312. The lowest BCUT2D eigenvalue weighted by atomic mass is 10.1. The summed E-state index contributed by atoms with van der Waals surface area (Å²) in [6.07, 6.45) is 4.64. The summed E-state index contributed by atoms with van der Waals surface area (Å²) in [6.45, 7) is 1.62. The highest BCUT2D eigenvalue weighted by Crippen LogP contribution is 2.20. The second-order valence-corrected chi connectivity index (χ2v) is 5.47. The standard InChI is InChI=1S/C16H15F3N4O/c17-10-4-5-11(14(19)13(10)18)21-15(24)12-6-7-20-16(22-12)23-8-2-1-3-9-23/h4-7H,1-3,8-9H2,(H,21,24). The molecule has 24 heavy (non-hydrogen) atoms. The van der Waals surface area contributed by atoms with E-state index in [1.807, 2.05) is 4.90 Å². The van der Waals surface area contributed by atoms with Gasteiger partial charge in [0.1, 0.15) is 5.69 Å². The second kappa shape index (κ2) is 6.86. The minimum atomic E-state index is -1.63. The molecule has 1 aromatic heterocycles. The summed E-state index contributed by atoms with van der Waals surface area (Å²) in [6, 6.07) is 3.08. The van der Waals surface area contributed by atoms with Crippen LogP contribution in [0.3, 0.4) is 0 Å². The maximum Gasteiger partial charge on any atom is 0.274 e. The summed E-state index contributed by atoms with van der Waals surface area (Å²) in [7, 11) is 0. The Morgan fingerprint density at radius 1 is 1.04 bits per heavy atom. The van der Waals surface area contributed by atoms with Gasteiger partial charge in [0, 0.05) is 19.3 Å². The molecule has 1 saturated heterocycles. The molecular formula is C16H15F3N4O. The van der Waals surface area contributed by atoms with Crippen LogP contribution in [0, 0.1) is 17.5 Å². The van der Waals surface area contributed by atoms with Crippen molar-refractivity contribution in [2.45, 2.75) is 19.3 Å². The second-order valence-electron chi connectivity index (χ2n) is 5.47. The van der Waals surface area contributed by atoms with Crippen LogP contribution in [-0.2, 0) is 0 Å². The van der Waals surface area contributed by atoms with Gasteiger partial charge >= 0.3 is 0 Å². The van der Waals surface area contributed by atoms with E-state index in [0.29, 0.717) is 5.95 Å². The Bertz CT molecular complexity index is 763. The van der Waals surface area contributed by atoms with Crippen molar-refractivity contribution in [1.29, 1.82) is 0 Å². The molecule has 0 bridgehead atoms. The van der Waals surface area contributed by atoms with E-state index in [2.05, 4.69) is 15.3 Å². The van der Waals surface area contributed by atoms with E-state index in [-0.39, 0.29) is 5.69 Å². The fourth-order valence-electron chi connectivity index (χ4n) is 2.53. The topological polar surface area (TPSA) is 58.1 Å². The third-order valence-electron chi connectivity index (χ3n) is 3.80. The Morgan fingerprint density at radius 2 is 1.79 bits per heavy atom. The summed E-state index contributed by atoms with van der Waals surface area (Å²) >= 11 is 0. The number of nitrogens with one attached hydrogen (secondary N) is 1. The first kappa shape index (κ1) is 16.2. The van der Waals surface area contributed by atoms with Crippen LogP contribution in [0.2, 0.25) is 0 Å². The zero-order valence-corrected chi connectivity index (χ0v) is 12.7. The van der Waals surface area contributed by atoms with E-state index < -0.39 is 29.0 Å². The van der Waals surface area contributed by atoms with Crippen molar-refractivity contribution in [1.82, 2.24) is 9.97 Å². The third-order valence-corrected chi connectivity index (χ3v) is 3.80. The number of piperidine rings is 1. The minimum absolute atomic E-state index is 0.0229. The van der Waals surface area contributed by atoms with Gasteiger partial charge in [-0.15, -0.1) is 0 Å². The van der Waals surface area contributed by atoms with Gasteiger partial charge in [0.15, 0.2) is 17.5 Å². The largest absolute Gasteiger partial charge is 0.341 e. The number of rotatable bonds is 3. The Morgan fingerprint density at radius 3 is 2.54 bits per heavy atom. The van der Waals surface area contributed by atoms with E-state index in [9.17, 15) is 18.0 Å². The first-order valence-corrected chi connectivity index (χ1v) is 7.59. The highest BCUT2D eigenvalue weighted by Gasteiger charge is 2.18. The van der Waals surface area contributed by atoms with Gasteiger partial charge in [-0.25, -0.2) is 23.1 Å². The molecule has 1 aliphatic rings. The quantitative estimate of drug-likeness (QED) is 0.875. The fourth-order valence-corrected chi connectivity index (χ4v) is 2.53. The van der Waals surface area contributed by atoms with Gasteiger partial charge in [-0.1, -0.05) is 0 Å². The number of nitrogens with zero attached hydrogens (tertiary/aromatic N) is 3. The summed E-state index contributed by atoms with van der Waals surface area (Å²) in [5.41, 5.74) is -0.424. The molecule has 5 nitrogen and oxygen atoms in total. The molecule has 0 aliphatic carbocycles. The van der Waals surface area contributed by atoms with E-state index in [1.165, 1.54) is 12.3 Å². The lowest BCUT2D eigenvalue weighted by Gasteiger charge is -2.26. The molecule has 2 aromatic rings. The molecule has 0 unspecified atom stereocenters. The van der Waals surface area contributed by atoms with Gasteiger partial charge < -0.3 is 10.2 Å². The van der Waals surface area contributed by atoms with E-state index in [1.54, 1.807) is 0 Å². The lowest BCUT2D eigenvalue weighted by molar-refractivity contribution is 0.102. The molecule has 1 aromatic carbocycles. The Balaban J connectivity index is 1.79. The molecule has 0 saturated carbocycles. The normalized spacial score (nSPS) is 14.5. The van der Waals surface area contributed by atoms with Crippen molar-refractivity contribution in [2.75, 3.05) is 23.3 Å². The third kappa shape index (κ3) is 3.32. The molecule has 1 aliphatic heterocycles. The van der Waals surface area contributed by atoms with Gasteiger partial charge in [-0.2, -0.15) is 0 Å². The molecule has 8 heteroatoms. The van der Waals surface area contributed by atoms with Crippen LogP contribution >= 0.6 is 0 Å². The van der Waals surface area contributed by atoms with Crippen molar-refractivity contribution in [2.24, 2.45) is 0 Å². The number of hydrogen-bond donors (Lipinski definition) is 1.